The summed E-state index contributed by atoms with van der Waals surface area (Å²) in [6.45, 7) is 2.84. The van der Waals surface area contributed by atoms with Crippen molar-refractivity contribution in [1.29, 1.82) is 0 Å². The van der Waals surface area contributed by atoms with E-state index in [4.69, 9.17) is 14.2 Å². The molecule has 2 bridgehead atoms. The maximum Gasteiger partial charge on any atom is 0.177 e. The highest BCUT2D eigenvalue weighted by Gasteiger charge is 2.77. The summed E-state index contributed by atoms with van der Waals surface area (Å²) in [4.78, 5) is 13.1. The van der Waals surface area contributed by atoms with Gasteiger partial charge in [-0.3, -0.25) is 4.79 Å². The van der Waals surface area contributed by atoms with Crippen LogP contribution in [0, 0.1) is 0 Å². The van der Waals surface area contributed by atoms with Crippen LogP contribution in [0.25, 0.3) is 0 Å². The summed E-state index contributed by atoms with van der Waals surface area (Å²) in [6.07, 6.45) is 2.98. The fraction of sp³-hybridized carbons (Fsp3) is 0.632. The standard InChI is InChI=1S/C19H23NO4.ClH/c1-17-14(21)6-7-19(23-3)13-10-11-4-5-12(22-2)16(24-17)15(11)18(17,19)8-9-20-13;/h4-5,13,20H,6-10H2,1-3H3;1H/t13-,17+,18+,19?;/m1./s1. The second-order valence-electron chi connectivity index (χ2n) is 7.65. The molecule has 1 unspecified atom stereocenters. The van der Waals surface area contributed by atoms with E-state index in [1.807, 2.05) is 13.0 Å². The van der Waals surface area contributed by atoms with Gasteiger partial charge in [0.05, 0.1) is 18.1 Å². The minimum absolute atomic E-state index is 0. The highest BCUT2D eigenvalue weighted by atomic mass is 35.5. The molecule has 1 saturated heterocycles. The normalized spacial score (nSPS) is 40.0. The van der Waals surface area contributed by atoms with E-state index >= 15 is 0 Å². The molecular formula is C19H24ClNO4. The molecule has 1 aromatic rings. The van der Waals surface area contributed by atoms with E-state index in [1.165, 1.54) is 5.56 Å². The first kappa shape index (κ1) is 17.1. The number of rotatable bonds is 2. The summed E-state index contributed by atoms with van der Waals surface area (Å²) in [5.74, 6) is 1.66. The molecule has 136 valence electrons. The molecule has 5 nitrogen and oxygen atoms in total. The predicted octanol–water partition coefficient (Wildman–Crippen LogP) is 2.17. The molecule has 2 heterocycles. The minimum Gasteiger partial charge on any atom is -0.493 e. The molecule has 6 heteroatoms. The monoisotopic (exact) mass is 365 g/mol. The van der Waals surface area contributed by atoms with Gasteiger partial charge in [0, 0.05) is 25.1 Å². The number of carbonyl (C=O) groups excluding carboxylic acids is 1. The first-order valence-corrected chi connectivity index (χ1v) is 8.75. The van der Waals surface area contributed by atoms with Crippen LogP contribution in [-0.2, 0) is 21.4 Å². The maximum absolute atomic E-state index is 13.1. The van der Waals surface area contributed by atoms with Gasteiger partial charge in [-0.05, 0) is 44.4 Å². The fourth-order valence-corrected chi connectivity index (χ4v) is 6.22. The third kappa shape index (κ3) is 1.57. The number of Topliss-reactive ketones (excluding diaryl/α,β-unsaturated/α-hetero) is 1. The first-order chi connectivity index (χ1) is 11.5. The van der Waals surface area contributed by atoms with Gasteiger partial charge in [0.2, 0.25) is 0 Å². The Hall–Kier alpha value is -1.30. The molecule has 0 radical (unpaired) electrons. The van der Waals surface area contributed by atoms with Gasteiger partial charge < -0.3 is 19.5 Å². The summed E-state index contributed by atoms with van der Waals surface area (Å²) in [7, 11) is 3.45. The number of nitrogens with one attached hydrogen (secondary N) is 1. The number of ketones is 1. The summed E-state index contributed by atoms with van der Waals surface area (Å²) >= 11 is 0. The van der Waals surface area contributed by atoms with Crippen molar-refractivity contribution in [2.24, 2.45) is 0 Å². The second-order valence-corrected chi connectivity index (χ2v) is 7.65. The van der Waals surface area contributed by atoms with E-state index in [0.29, 0.717) is 12.2 Å². The molecule has 2 aliphatic heterocycles. The number of carbonyl (C=O) groups is 1. The number of ether oxygens (including phenoxy) is 3. The van der Waals surface area contributed by atoms with E-state index in [0.717, 1.165) is 37.1 Å². The molecule has 4 atom stereocenters. The highest BCUT2D eigenvalue weighted by molar-refractivity contribution is 5.94. The Kier molecular flexibility index (Phi) is 3.51. The van der Waals surface area contributed by atoms with Crippen LogP contribution in [0.15, 0.2) is 12.1 Å². The van der Waals surface area contributed by atoms with Crippen LogP contribution in [0.2, 0.25) is 0 Å². The summed E-state index contributed by atoms with van der Waals surface area (Å²) in [5.41, 5.74) is 0.704. The smallest absolute Gasteiger partial charge is 0.177 e. The van der Waals surface area contributed by atoms with E-state index in [2.05, 4.69) is 11.4 Å². The van der Waals surface area contributed by atoms with Gasteiger partial charge in [-0.15, -0.1) is 12.4 Å². The van der Waals surface area contributed by atoms with E-state index in [-0.39, 0.29) is 24.2 Å². The lowest BCUT2D eigenvalue weighted by molar-refractivity contribution is -0.199. The van der Waals surface area contributed by atoms with Crippen molar-refractivity contribution in [2.75, 3.05) is 20.8 Å². The third-order valence-electron chi connectivity index (χ3n) is 7.20. The Morgan fingerprint density at radius 2 is 2.08 bits per heavy atom. The number of halogens is 1. The molecule has 1 saturated carbocycles. The summed E-state index contributed by atoms with van der Waals surface area (Å²) < 4.78 is 18.3. The van der Waals surface area contributed by atoms with Gasteiger partial charge in [-0.25, -0.2) is 0 Å². The SMILES string of the molecule is COc1ccc2c3c1O[C@@]1(C)C(=O)CCC4(OC)[C@@H](C2)NCC[C@@]341.Cl. The molecule has 2 aliphatic carbocycles. The van der Waals surface area contributed by atoms with Crippen LogP contribution in [0.4, 0.5) is 0 Å². The number of methoxy groups -OCH3 is 2. The maximum atomic E-state index is 13.1. The molecule has 5 rings (SSSR count). The number of piperidine rings is 1. The first-order valence-electron chi connectivity index (χ1n) is 8.75. The molecule has 4 aliphatic rings. The number of hydrogen-bond donors (Lipinski definition) is 1. The van der Waals surface area contributed by atoms with Crippen molar-refractivity contribution < 1.29 is 19.0 Å². The van der Waals surface area contributed by atoms with Gasteiger partial charge in [0.15, 0.2) is 22.9 Å². The van der Waals surface area contributed by atoms with Crippen LogP contribution in [0.3, 0.4) is 0 Å². The van der Waals surface area contributed by atoms with Crippen molar-refractivity contribution in [3.63, 3.8) is 0 Å². The quantitative estimate of drug-likeness (QED) is 0.870. The summed E-state index contributed by atoms with van der Waals surface area (Å²) in [5, 5.41) is 3.66. The van der Waals surface area contributed by atoms with Gasteiger partial charge in [0.25, 0.3) is 0 Å². The Morgan fingerprint density at radius 3 is 2.80 bits per heavy atom. The number of hydrogen-bond acceptors (Lipinski definition) is 5. The Labute approximate surface area is 153 Å². The van der Waals surface area contributed by atoms with Crippen LogP contribution >= 0.6 is 12.4 Å². The van der Waals surface area contributed by atoms with E-state index in [9.17, 15) is 4.79 Å². The Morgan fingerprint density at radius 1 is 1.28 bits per heavy atom. The molecule has 1 aromatic carbocycles. The lowest BCUT2D eigenvalue weighted by atomic mass is 9.45. The molecule has 0 amide bonds. The highest BCUT2D eigenvalue weighted by Crippen LogP contribution is 2.68. The van der Waals surface area contributed by atoms with Crippen molar-refractivity contribution in [3.8, 4) is 11.5 Å². The Balaban J connectivity index is 0.00000157. The van der Waals surface area contributed by atoms with Crippen molar-refractivity contribution in [1.82, 2.24) is 5.32 Å². The van der Waals surface area contributed by atoms with Crippen molar-refractivity contribution in [2.45, 2.75) is 55.3 Å². The van der Waals surface area contributed by atoms with Crippen LogP contribution in [0.1, 0.15) is 37.3 Å². The fourth-order valence-electron chi connectivity index (χ4n) is 6.22. The molecule has 1 spiro atoms. The Bertz CT molecular complexity index is 768. The van der Waals surface area contributed by atoms with Crippen LogP contribution in [-0.4, -0.2) is 43.8 Å². The molecule has 2 fully saturated rings. The van der Waals surface area contributed by atoms with E-state index in [1.54, 1.807) is 14.2 Å². The molecule has 1 N–H and O–H groups in total. The molecule has 25 heavy (non-hydrogen) atoms. The van der Waals surface area contributed by atoms with Crippen LogP contribution < -0.4 is 14.8 Å². The van der Waals surface area contributed by atoms with Gasteiger partial charge in [-0.2, -0.15) is 0 Å². The zero-order valence-corrected chi connectivity index (χ0v) is 15.6. The van der Waals surface area contributed by atoms with Crippen LogP contribution in [0.5, 0.6) is 11.5 Å². The average Bonchev–Trinajstić information content (AvgIpc) is 2.85. The topological polar surface area (TPSA) is 56.8 Å². The third-order valence-corrected chi connectivity index (χ3v) is 7.20. The zero-order chi connectivity index (χ0) is 16.7. The average molecular weight is 366 g/mol. The summed E-state index contributed by atoms with van der Waals surface area (Å²) in [6, 6.07) is 4.30. The molecule has 0 aromatic heterocycles. The second kappa shape index (κ2) is 5.12. The zero-order valence-electron chi connectivity index (χ0n) is 14.8. The molecular weight excluding hydrogens is 342 g/mol. The van der Waals surface area contributed by atoms with Gasteiger partial charge in [-0.1, -0.05) is 6.07 Å². The van der Waals surface area contributed by atoms with E-state index < -0.39 is 16.6 Å². The number of benzene rings is 1. The lowest BCUT2D eigenvalue weighted by Gasteiger charge is -2.64. The van der Waals surface area contributed by atoms with Gasteiger partial charge in [0.1, 0.15) is 0 Å². The minimum atomic E-state index is -0.881. The lowest BCUT2D eigenvalue weighted by Crippen LogP contribution is -2.80. The van der Waals surface area contributed by atoms with Gasteiger partial charge >= 0.3 is 0 Å². The van der Waals surface area contributed by atoms with Crippen molar-refractivity contribution in [3.05, 3.63) is 23.3 Å². The predicted molar refractivity (Wildman–Crippen MR) is 95.0 cm³/mol. The largest absolute Gasteiger partial charge is 0.493 e. The van der Waals surface area contributed by atoms with Crippen molar-refractivity contribution >= 4 is 18.2 Å².